The van der Waals surface area contributed by atoms with Crippen LogP contribution in [0.4, 0.5) is 0 Å². The van der Waals surface area contributed by atoms with Crippen molar-refractivity contribution in [3.8, 4) is 0 Å². The van der Waals surface area contributed by atoms with Gasteiger partial charge >= 0.3 is 0 Å². The van der Waals surface area contributed by atoms with Gasteiger partial charge in [-0.25, -0.2) is 8.42 Å². The molecule has 0 radical (unpaired) electrons. The van der Waals surface area contributed by atoms with Crippen LogP contribution in [-0.4, -0.2) is 35.9 Å². The number of para-hydroxylation sites is 1. The summed E-state index contributed by atoms with van der Waals surface area (Å²) in [6, 6.07) is 12.1. The highest BCUT2D eigenvalue weighted by Crippen LogP contribution is 2.30. The van der Waals surface area contributed by atoms with Crippen LogP contribution >= 0.6 is 23.2 Å². The molecule has 31 heavy (non-hydrogen) atoms. The van der Waals surface area contributed by atoms with Crippen molar-refractivity contribution in [2.24, 2.45) is 0 Å². The molecule has 0 bridgehead atoms. The van der Waals surface area contributed by atoms with E-state index >= 15 is 0 Å². The quantitative estimate of drug-likeness (QED) is 0.444. The second-order valence-electron chi connectivity index (χ2n) is 8.13. The van der Waals surface area contributed by atoms with Crippen LogP contribution in [0.1, 0.15) is 33.3 Å². The third-order valence-corrected chi connectivity index (χ3v) is 7.58. The fourth-order valence-corrected chi connectivity index (χ4v) is 5.81. The molecule has 0 aliphatic heterocycles. The van der Waals surface area contributed by atoms with Crippen molar-refractivity contribution in [1.82, 2.24) is 9.47 Å². The van der Waals surface area contributed by atoms with Gasteiger partial charge in [0, 0.05) is 29.2 Å². The van der Waals surface area contributed by atoms with E-state index in [0.29, 0.717) is 26.5 Å². The number of nitrogens with zero attached hydrogens (tertiary/aromatic N) is 2. The van der Waals surface area contributed by atoms with Crippen LogP contribution in [0.2, 0.25) is 10.0 Å². The lowest BCUT2D eigenvalue weighted by molar-refractivity contribution is -0.135. The Morgan fingerprint density at radius 1 is 1.00 bits per heavy atom. The van der Waals surface area contributed by atoms with Gasteiger partial charge in [0.15, 0.2) is 9.84 Å². The summed E-state index contributed by atoms with van der Waals surface area (Å²) in [6.07, 6.45) is 1.56. The molecule has 0 saturated carbocycles. The van der Waals surface area contributed by atoms with Crippen LogP contribution in [0.5, 0.6) is 0 Å². The van der Waals surface area contributed by atoms with Crippen molar-refractivity contribution < 1.29 is 13.2 Å². The summed E-state index contributed by atoms with van der Waals surface area (Å²) in [4.78, 5) is 15.0. The summed E-state index contributed by atoms with van der Waals surface area (Å²) < 4.78 is 28.3. The molecule has 1 aromatic heterocycles. The zero-order valence-electron chi connectivity index (χ0n) is 18.0. The maximum absolute atomic E-state index is 13.3. The molecule has 0 fully saturated rings. The van der Waals surface area contributed by atoms with E-state index in [1.807, 2.05) is 39.8 Å². The third-order valence-electron chi connectivity index (χ3n) is 5.13. The average molecular weight is 481 g/mol. The lowest BCUT2D eigenvalue weighted by Gasteiger charge is -2.31. The number of aromatic nitrogens is 1. The first-order valence-electron chi connectivity index (χ1n) is 10.1. The van der Waals surface area contributed by atoms with Gasteiger partial charge in [-0.2, -0.15) is 0 Å². The van der Waals surface area contributed by atoms with Gasteiger partial charge < -0.3 is 9.47 Å². The predicted octanol–water partition coefficient (Wildman–Crippen LogP) is 5.57. The number of hydrogen-bond acceptors (Lipinski definition) is 3. The number of fused-ring (bicyclic) bond motifs is 1. The molecule has 5 nitrogen and oxygen atoms in total. The second kappa shape index (κ2) is 9.23. The largest absolute Gasteiger partial charge is 0.337 e. The van der Waals surface area contributed by atoms with E-state index in [2.05, 4.69) is 0 Å². The van der Waals surface area contributed by atoms with Crippen LogP contribution < -0.4 is 0 Å². The lowest BCUT2D eigenvalue weighted by atomic mass is 10.2. The summed E-state index contributed by atoms with van der Waals surface area (Å²) in [5.74, 6) is -0.269. The third kappa shape index (κ3) is 5.08. The van der Waals surface area contributed by atoms with E-state index in [9.17, 15) is 13.2 Å². The smallest absolute Gasteiger partial charge is 0.242 e. The molecule has 8 heteroatoms. The number of amides is 1. The van der Waals surface area contributed by atoms with Crippen molar-refractivity contribution in [1.29, 1.82) is 0 Å². The average Bonchev–Trinajstić information content (AvgIpc) is 3.03. The monoisotopic (exact) mass is 480 g/mol. The Balaban J connectivity index is 2.00. The molecule has 3 aromatic rings. The molecule has 0 aliphatic rings. The van der Waals surface area contributed by atoms with Gasteiger partial charge in [-0.05, 0) is 51.5 Å². The van der Waals surface area contributed by atoms with Crippen molar-refractivity contribution in [2.75, 3.05) is 0 Å². The number of hydrogen-bond donors (Lipinski definition) is 0. The Bertz CT molecular complexity index is 1210. The Morgan fingerprint density at radius 3 is 2.26 bits per heavy atom. The van der Waals surface area contributed by atoms with Crippen LogP contribution in [0, 0.1) is 0 Å². The van der Waals surface area contributed by atoms with Crippen molar-refractivity contribution >= 4 is 49.8 Å². The summed E-state index contributed by atoms with van der Waals surface area (Å²) >= 11 is 12.0. The summed E-state index contributed by atoms with van der Waals surface area (Å²) in [5, 5.41) is 1.28. The Labute approximate surface area is 193 Å². The zero-order valence-corrected chi connectivity index (χ0v) is 20.3. The first-order chi connectivity index (χ1) is 14.5. The molecule has 1 heterocycles. The van der Waals surface area contributed by atoms with E-state index in [4.69, 9.17) is 23.2 Å². The Kier molecular flexibility index (Phi) is 7.04. The molecule has 0 unspecified atom stereocenters. The normalized spacial score (nSPS) is 12.1. The van der Waals surface area contributed by atoms with Crippen molar-refractivity contribution in [3.05, 3.63) is 64.3 Å². The summed E-state index contributed by atoms with van der Waals surface area (Å²) in [6.45, 7) is 7.95. The minimum Gasteiger partial charge on any atom is -0.337 e. The van der Waals surface area contributed by atoms with E-state index in [1.165, 1.54) is 0 Å². The molecule has 3 rings (SSSR count). The SMILES string of the molecule is CC(C)N(C(=O)Cn1cc(S(=O)(=O)Cc2ccc(Cl)c(Cl)c2)c2ccccc21)C(C)C. The number of carbonyl (C=O) groups excluding carboxylic acids is 1. The maximum atomic E-state index is 13.3. The lowest BCUT2D eigenvalue weighted by Crippen LogP contribution is -2.43. The fourth-order valence-electron chi connectivity index (χ4n) is 3.92. The van der Waals surface area contributed by atoms with Crippen molar-refractivity contribution in [2.45, 2.75) is 57.0 Å². The first kappa shape index (κ1) is 23.6. The first-order valence-corrected chi connectivity index (χ1v) is 12.5. The molecule has 0 aliphatic carbocycles. The highest BCUT2D eigenvalue weighted by atomic mass is 35.5. The van der Waals surface area contributed by atoms with Gasteiger partial charge in [0.25, 0.3) is 0 Å². The number of carbonyl (C=O) groups is 1. The zero-order chi connectivity index (χ0) is 22.9. The van der Waals surface area contributed by atoms with Crippen LogP contribution in [0.25, 0.3) is 10.9 Å². The number of sulfone groups is 1. The van der Waals surface area contributed by atoms with Gasteiger partial charge in [0.2, 0.25) is 5.91 Å². The van der Waals surface area contributed by atoms with Gasteiger partial charge in [-0.1, -0.05) is 47.5 Å². The van der Waals surface area contributed by atoms with Gasteiger partial charge in [-0.3, -0.25) is 4.79 Å². The number of benzene rings is 2. The molecule has 0 atom stereocenters. The standard InChI is InChI=1S/C23H26Cl2N2O3S/c1-15(2)27(16(3)4)23(28)13-26-12-22(18-7-5-6-8-21(18)26)31(29,30)14-17-9-10-19(24)20(25)11-17/h5-12,15-16H,13-14H2,1-4H3. The minimum atomic E-state index is -3.68. The van der Waals surface area contributed by atoms with Gasteiger partial charge in [0.1, 0.15) is 6.54 Å². The minimum absolute atomic E-state index is 0.0483. The van der Waals surface area contributed by atoms with Gasteiger partial charge in [0.05, 0.1) is 20.7 Å². The topological polar surface area (TPSA) is 59.4 Å². The van der Waals surface area contributed by atoms with Crippen LogP contribution in [-0.2, 0) is 26.9 Å². The van der Waals surface area contributed by atoms with Crippen molar-refractivity contribution in [3.63, 3.8) is 0 Å². The van der Waals surface area contributed by atoms with Gasteiger partial charge in [-0.15, -0.1) is 0 Å². The number of rotatable bonds is 7. The van der Waals surface area contributed by atoms with E-state index in [-0.39, 0.29) is 35.2 Å². The Morgan fingerprint density at radius 2 is 1.65 bits per heavy atom. The molecule has 2 aromatic carbocycles. The molecule has 0 saturated heterocycles. The fraction of sp³-hybridized carbons (Fsp3) is 0.348. The van der Waals surface area contributed by atoms with Crippen LogP contribution in [0.3, 0.4) is 0 Å². The van der Waals surface area contributed by atoms with E-state index in [0.717, 1.165) is 0 Å². The summed E-state index contributed by atoms with van der Waals surface area (Å²) in [5.41, 5.74) is 1.25. The predicted molar refractivity (Wildman–Crippen MR) is 126 cm³/mol. The van der Waals surface area contributed by atoms with Crippen LogP contribution in [0.15, 0.2) is 53.6 Å². The molecule has 0 spiro atoms. The number of halogens is 2. The second-order valence-corrected chi connectivity index (χ2v) is 10.9. The molecule has 166 valence electrons. The molecular weight excluding hydrogens is 455 g/mol. The highest BCUT2D eigenvalue weighted by Gasteiger charge is 2.25. The highest BCUT2D eigenvalue weighted by molar-refractivity contribution is 7.90. The van der Waals surface area contributed by atoms with E-state index < -0.39 is 9.84 Å². The summed E-state index contributed by atoms with van der Waals surface area (Å²) in [7, 11) is -3.68. The molecule has 1 amide bonds. The maximum Gasteiger partial charge on any atom is 0.242 e. The molecule has 0 N–H and O–H groups in total. The van der Waals surface area contributed by atoms with E-state index in [1.54, 1.807) is 46.0 Å². The Hall–Kier alpha value is -2.02. The molecular formula is C23H26Cl2N2O3S.